The van der Waals surface area contributed by atoms with Crippen LogP contribution in [0.4, 0.5) is 0 Å². The molecule has 0 N–H and O–H groups in total. The van der Waals surface area contributed by atoms with Crippen LogP contribution in [0.3, 0.4) is 0 Å². The van der Waals surface area contributed by atoms with Crippen LogP contribution < -0.4 is 4.74 Å². The molecule has 0 aliphatic carbocycles. The molecule has 0 saturated heterocycles. The van der Waals surface area contributed by atoms with Crippen molar-refractivity contribution in [2.75, 3.05) is 0 Å². The van der Waals surface area contributed by atoms with Gasteiger partial charge in [0.1, 0.15) is 5.75 Å². The fourth-order valence-corrected chi connectivity index (χ4v) is 1.77. The monoisotopic (exact) mass is 310 g/mol. The fourth-order valence-electron chi connectivity index (χ4n) is 1.52. The molecule has 1 aromatic heterocycles. The first kappa shape index (κ1) is 13.1. The van der Waals surface area contributed by atoms with Crippen LogP contribution in [0.15, 0.2) is 27.2 Å². The molecule has 1 aromatic carbocycles. The molecule has 2 aromatic rings. The van der Waals surface area contributed by atoms with Crippen molar-refractivity contribution in [2.45, 2.75) is 33.3 Å². The van der Waals surface area contributed by atoms with Gasteiger partial charge in [-0.25, -0.2) is 0 Å². The second-order valence-electron chi connectivity index (χ2n) is 4.05. The summed E-state index contributed by atoms with van der Waals surface area (Å²) < 4.78 is 11.8. The van der Waals surface area contributed by atoms with Crippen molar-refractivity contribution < 1.29 is 9.26 Å². The Labute approximate surface area is 114 Å². The highest BCUT2D eigenvalue weighted by Gasteiger charge is 2.06. The predicted molar refractivity (Wildman–Crippen MR) is 71.5 cm³/mol. The number of benzene rings is 1. The molecule has 0 atom stereocenters. The molecule has 0 aliphatic heterocycles. The van der Waals surface area contributed by atoms with Gasteiger partial charge < -0.3 is 9.26 Å². The van der Waals surface area contributed by atoms with E-state index in [0.717, 1.165) is 28.6 Å². The van der Waals surface area contributed by atoms with E-state index in [9.17, 15) is 0 Å². The van der Waals surface area contributed by atoms with Crippen molar-refractivity contribution in [3.63, 3.8) is 0 Å². The first-order valence-corrected chi connectivity index (χ1v) is 6.68. The molecule has 0 radical (unpaired) electrons. The van der Waals surface area contributed by atoms with Gasteiger partial charge in [0.25, 0.3) is 0 Å². The Morgan fingerprint density at radius 3 is 2.94 bits per heavy atom. The van der Waals surface area contributed by atoms with Crippen LogP contribution >= 0.6 is 15.9 Å². The predicted octanol–water partition coefficient (Wildman–Crippen LogP) is 3.67. The summed E-state index contributed by atoms with van der Waals surface area (Å²) in [7, 11) is 0. The summed E-state index contributed by atoms with van der Waals surface area (Å²) in [4.78, 5) is 4.24. The molecule has 0 bridgehead atoms. The lowest BCUT2D eigenvalue weighted by atomic mass is 10.2. The largest absolute Gasteiger partial charge is 0.485 e. The molecule has 18 heavy (non-hydrogen) atoms. The van der Waals surface area contributed by atoms with Crippen LogP contribution in [-0.4, -0.2) is 10.1 Å². The van der Waals surface area contributed by atoms with Gasteiger partial charge in [-0.1, -0.05) is 28.0 Å². The molecule has 2 rings (SSSR count). The molecule has 1 heterocycles. The molecule has 0 saturated carbocycles. The van der Waals surface area contributed by atoms with Crippen molar-refractivity contribution >= 4 is 15.9 Å². The number of hydrogen-bond donors (Lipinski definition) is 0. The first-order chi connectivity index (χ1) is 8.69. The molecule has 0 unspecified atom stereocenters. The Hall–Kier alpha value is -1.36. The minimum absolute atomic E-state index is 0.328. The lowest BCUT2D eigenvalue weighted by Crippen LogP contribution is -1.98. The second kappa shape index (κ2) is 6.00. The van der Waals surface area contributed by atoms with Gasteiger partial charge in [0.15, 0.2) is 6.61 Å². The zero-order valence-electron chi connectivity index (χ0n) is 10.4. The van der Waals surface area contributed by atoms with Gasteiger partial charge in [-0.15, -0.1) is 0 Å². The van der Waals surface area contributed by atoms with Gasteiger partial charge in [0, 0.05) is 10.9 Å². The van der Waals surface area contributed by atoms with Crippen LogP contribution in [0.1, 0.15) is 30.6 Å². The Morgan fingerprint density at radius 1 is 1.39 bits per heavy atom. The minimum Gasteiger partial charge on any atom is -0.485 e. The molecule has 0 aliphatic rings. The Bertz CT molecular complexity index is 525. The van der Waals surface area contributed by atoms with E-state index in [0.29, 0.717) is 18.3 Å². The SMILES string of the molecule is CCCc1nc(COc2ccc(Br)c(C)c2)no1. The van der Waals surface area contributed by atoms with Gasteiger partial charge in [-0.3, -0.25) is 0 Å². The summed E-state index contributed by atoms with van der Waals surface area (Å²) in [6, 6.07) is 5.84. The Balaban J connectivity index is 1.95. The number of hydrogen-bond acceptors (Lipinski definition) is 4. The average Bonchev–Trinajstić information content (AvgIpc) is 2.79. The quantitative estimate of drug-likeness (QED) is 0.845. The normalized spacial score (nSPS) is 10.6. The third-order valence-electron chi connectivity index (χ3n) is 2.47. The van der Waals surface area contributed by atoms with E-state index >= 15 is 0 Å². The summed E-state index contributed by atoms with van der Waals surface area (Å²) in [6.07, 6.45) is 1.80. The summed E-state index contributed by atoms with van der Waals surface area (Å²) in [5.74, 6) is 2.06. The lowest BCUT2D eigenvalue weighted by molar-refractivity contribution is 0.285. The van der Waals surface area contributed by atoms with Crippen LogP contribution in [0.25, 0.3) is 0 Å². The van der Waals surface area contributed by atoms with Gasteiger partial charge >= 0.3 is 0 Å². The molecular weight excluding hydrogens is 296 g/mol. The molecule has 4 nitrogen and oxygen atoms in total. The fraction of sp³-hybridized carbons (Fsp3) is 0.385. The van der Waals surface area contributed by atoms with E-state index in [1.807, 2.05) is 25.1 Å². The second-order valence-corrected chi connectivity index (χ2v) is 4.91. The van der Waals surface area contributed by atoms with Gasteiger partial charge in [-0.05, 0) is 37.1 Å². The maximum absolute atomic E-state index is 5.61. The Morgan fingerprint density at radius 2 is 2.22 bits per heavy atom. The zero-order chi connectivity index (χ0) is 13.0. The standard InChI is InChI=1S/C13H15BrN2O2/c1-3-4-13-15-12(16-18-13)8-17-10-5-6-11(14)9(2)7-10/h5-7H,3-4,8H2,1-2H3. The van der Waals surface area contributed by atoms with Crippen LogP contribution in [-0.2, 0) is 13.0 Å². The van der Waals surface area contributed by atoms with E-state index < -0.39 is 0 Å². The minimum atomic E-state index is 0.328. The van der Waals surface area contributed by atoms with Crippen molar-refractivity contribution in [1.29, 1.82) is 0 Å². The average molecular weight is 311 g/mol. The van der Waals surface area contributed by atoms with Crippen molar-refractivity contribution in [3.8, 4) is 5.75 Å². The highest BCUT2D eigenvalue weighted by Crippen LogP contribution is 2.22. The van der Waals surface area contributed by atoms with E-state index in [4.69, 9.17) is 9.26 Å². The maximum atomic E-state index is 5.61. The highest BCUT2D eigenvalue weighted by molar-refractivity contribution is 9.10. The van der Waals surface area contributed by atoms with E-state index in [-0.39, 0.29) is 0 Å². The van der Waals surface area contributed by atoms with Crippen molar-refractivity contribution in [3.05, 3.63) is 40.0 Å². The smallest absolute Gasteiger partial charge is 0.226 e. The summed E-state index contributed by atoms with van der Waals surface area (Å²) in [5.41, 5.74) is 1.13. The van der Waals surface area contributed by atoms with Gasteiger partial charge in [0.2, 0.25) is 11.7 Å². The van der Waals surface area contributed by atoms with E-state index in [1.165, 1.54) is 0 Å². The summed E-state index contributed by atoms with van der Waals surface area (Å²) in [5, 5.41) is 3.87. The molecule has 0 amide bonds. The van der Waals surface area contributed by atoms with Crippen LogP contribution in [0.2, 0.25) is 0 Å². The van der Waals surface area contributed by atoms with Gasteiger partial charge in [-0.2, -0.15) is 4.98 Å². The number of halogens is 1. The molecular formula is C13H15BrN2O2. The number of rotatable bonds is 5. The maximum Gasteiger partial charge on any atom is 0.226 e. The zero-order valence-corrected chi connectivity index (χ0v) is 12.0. The van der Waals surface area contributed by atoms with Crippen molar-refractivity contribution in [1.82, 2.24) is 10.1 Å². The van der Waals surface area contributed by atoms with Gasteiger partial charge in [0.05, 0.1) is 0 Å². The molecule has 0 spiro atoms. The summed E-state index contributed by atoms with van der Waals surface area (Å²) >= 11 is 3.45. The third-order valence-corrected chi connectivity index (χ3v) is 3.36. The third kappa shape index (κ3) is 3.32. The van der Waals surface area contributed by atoms with Crippen molar-refractivity contribution in [2.24, 2.45) is 0 Å². The molecule has 96 valence electrons. The molecule has 5 heteroatoms. The van der Waals surface area contributed by atoms with Crippen LogP contribution in [0, 0.1) is 6.92 Å². The van der Waals surface area contributed by atoms with E-state index in [2.05, 4.69) is 33.0 Å². The highest BCUT2D eigenvalue weighted by atomic mass is 79.9. The lowest BCUT2D eigenvalue weighted by Gasteiger charge is -2.05. The summed E-state index contributed by atoms with van der Waals surface area (Å²) in [6.45, 7) is 4.42. The topological polar surface area (TPSA) is 48.2 Å². The number of aryl methyl sites for hydroxylation is 2. The number of ether oxygens (including phenoxy) is 1. The first-order valence-electron chi connectivity index (χ1n) is 5.89. The number of nitrogens with zero attached hydrogens (tertiary/aromatic N) is 2. The van der Waals surface area contributed by atoms with Crippen LogP contribution in [0.5, 0.6) is 5.75 Å². The Kier molecular flexibility index (Phi) is 4.36. The number of aromatic nitrogens is 2. The molecule has 0 fully saturated rings. The van der Waals surface area contributed by atoms with E-state index in [1.54, 1.807) is 0 Å².